The van der Waals surface area contributed by atoms with Crippen LogP contribution in [0.4, 0.5) is 20.8 Å². The smallest absolute Gasteiger partial charge is 0.335 e. The van der Waals surface area contributed by atoms with Gasteiger partial charge in [-0.25, -0.2) is 28.6 Å². The van der Waals surface area contributed by atoms with Crippen LogP contribution in [-0.2, 0) is 32.6 Å². The fraction of sp³-hybridized carbons (Fsp3) is 0.276. The highest BCUT2D eigenvalue weighted by atomic mass is 35.5. The van der Waals surface area contributed by atoms with Gasteiger partial charge in [0.15, 0.2) is 10.2 Å². The molecule has 1 aromatic carbocycles. The van der Waals surface area contributed by atoms with E-state index in [0.717, 1.165) is 42.0 Å². The molecule has 5 aromatic rings. The van der Waals surface area contributed by atoms with Crippen LogP contribution in [0.5, 0.6) is 11.8 Å². The van der Waals surface area contributed by atoms with Crippen LogP contribution in [-0.4, -0.2) is 76.2 Å². The maximum atomic E-state index is 14.3. The number of imidazole rings is 1. The predicted molar refractivity (Wildman–Crippen MR) is 190 cm³/mol. The summed E-state index contributed by atoms with van der Waals surface area (Å²) in [6.45, 7) is 1.32. The van der Waals surface area contributed by atoms with Gasteiger partial charge in [-0.2, -0.15) is 18.4 Å². The van der Waals surface area contributed by atoms with Gasteiger partial charge in [-0.1, -0.05) is 29.3 Å². The molecule has 2 N–H and O–H groups in total. The Hall–Kier alpha value is -4.70. The summed E-state index contributed by atoms with van der Waals surface area (Å²) in [5.74, 6) is -0.911. The average molecular weight is 817 g/mol. The van der Waals surface area contributed by atoms with E-state index in [-0.39, 0.29) is 49.2 Å². The zero-order chi connectivity index (χ0) is 37.6. The number of carbonyl (C=O) groups is 2. The lowest BCUT2D eigenvalue weighted by atomic mass is 10.3. The molecule has 6 rings (SSSR count). The van der Waals surface area contributed by atoms with Crippen LogP contribution in [0.15, 0.2) is 62.3 Å². The minimum Gasteiger partial charge on any atom is -0.481 e. The quantitative estimate of drug-likeness (QED) is 0.160. The normalized spacial score (nSPS) is 12.8. The molecule has 0 saturated heterocycles. The molecule has 23 heteroatoms. The van der Waals surface area contributed by atoms with Gasteiger partial charge in [-0.3, -0.25) is 24.0 Å². The van der Waals surface area contributed by atoms with Crippen molar-refractivity contribution in [2.45, 2.75) is 35.9 Å². The number of urea groups is 1. The Bertz CT molecular complexity index is 2360. The van der Waals surface area contributed by atoms with E-state index in [0.29, 0.717) is 28.4 Å². The monoisotopic (exact) mass is 815 g/mol. The number of hydrogen-bond donors (Lipinski definition) is 2. The van der Waals surface area contributed by atoms with Crippen molar-refractivity contribution < 1.29 is 36.6 Å². The van der Waals surface area contributed by atoms with Gasteiger partial charge in [0.2, 0.25) is 22.5 Å². The number of hydrogen-bond acceptors (Lipinski definition) is 14. The number of anilines is 1. The van der Waals surface area contributed by atoms with E-state index < -0.39 is 27.8 Å². The molecule has 2 amide bonds. The van der Waals surface area contributed by atoms with Crippen molar-refractivity contribution in [1.29, 1.82) is 0 Å². The third kappa shape index (κ3) is 9.02. The molecule has 1 aliphatic heterocycles. The second kappa shape index (κ2) is 16.8. The van der Waals surface area contributed by atoms with E-state index >= 15 is 0 Å². The van der Waals surface area contributed by atoms with Crippen molar-refractivity contribution in [3.05, 3.63) is 73.1 Å². The zero-order valence-electron chi connectivity index (χ0n) is 27.3. The molecule has 0 bridgehead atoms. The first kappa shape index (κ1) is 38.5. The summed E-state index contributed by atoms with van der Waals surface area (Å²) in [7, 11) is -0.312. The maximum Gasteiger partial charge on any atom is 0.335 e. The Morgan fingerprint density at radius 1 is 1.04 bits per heavy atom. The minimum atomic E-state index is -4.34. The first-order valence-corrected chi connectivity index (χ1v) is 18.8. The first-order valence-electron chi connectivity index (χ1n) is 14.8. The molecule has 0 fully saturated rings. The molecule has 5 heterocycles. The third-order valence-electron chi connectivity index (χ3n) is 6.93. The van der Waals surface area contributed by atoms with E-state index in [1.807, 2.05) is 4.72 Å². The molecular formula is C29H28Cl2FN9O8S3. The number of methoxy groups -OCH3 is 3. The largest absolute Gasteiger partial charge is 0.481 e. The average Bonchev–Trinajstić information content (AvgIpc) is 3.63. The molecule has 276 valence electrons. The second-order valence-corrected chi connectivity index (χ2v) is 14.6. The maximum absolute atomic E-state index is 14.3. The van der Waals surface area contributed by atoms with Gasteiger partial charge in [0, 0.05) is 24.2 Å². The van der Waals surface area contributed by atoms with Gasteiger partial charge < -0.3 is 14.2 Å². The molecule has 52 heavy (non-hydrogen) atoms. The number of carbonyl (C=O) groups excluding carboxylic acids is 2. The number of thioether (sulfide) groups is 1. The minimum absolute atomic E-state index is 0.0605. The number of nitrogens with zero attached hydrogens (tertiary/aromatic N) is 7. The van der Waals surface area contributed by atoms with Crippen LogP contribution in [0.25, 0.3) is 5.65 Å². The number of pyridine rings is 1. The van der Waals surface area contributed by atoms with Crippen molar-refractivity contribution in [3.8, 4) is 11.8 Å². The van der Waals surface area contributed by atoms with Crippen LogP contribution < -0.4 is 29.2 Å². The molecule has 0 radical (unpaired) electrons. The number of rotatable bonds is 9. The summed E-state index contributed by atoms with van der Waals surface area (Å²) >= 11 is 14.1. The number of aromatic nitrogens is 6. The summed E-state index contributed by atoms with van der Waals surface area (Å²) < 4.78 is 60.4. The van der Waals surface area contributed by atoms with Crippen molar-refractivity contribution in [2.75, 3.05) is 32.4 Å². The lowest BCUT2D eigenvalue weighted by Gasteiger charge is -2.15. The Morgan fingerprint density at radius 3 is 2.40 bits per heavy atom. The molecule has 0 spiro atoms. The van der Waals surface area contributed by atoms with Crippen LogP contribution in [0.2, 0.25) is 10.2 Å². The SMILES string of the molecule is COC(=O)CSc1cc(N=c2sc(=O)n3n2CCCC3)c(F)cc1Cl.COc1cc(OC)nc(NC(=O)NS(=O)(=O)c2c(Cl)nc3ccccn23)n1. The summed E-state index contributed by atoms with van der Waals surface area (Å²) in [6, 6.07) is 7.77. The summed E-state index contributed by atoms with van der Waals surface area (Å²) in [4.78, 5) is 52.3. The van der Waals surface area contributed by atoms with E-state index in [9.17, 15) is 27.2 Å². The second-order valence-electron chi connectivity index (χ2n) is 10.3. The molecule has 0 saturated carbocycles. The Morgan fingerprint density at radius 2 is 1.73 bits per heavy atom. The highest BCUT2D eigenvalue weighted by molar-refractivity contribution is 8.00. The number of nitrogens with one attached hydrogen (secondary N) is 2. The molecular weight excluding hydrogens is 788 g/mol. The summed E-state index contributed by atoms with van der Waals surface area (Å²) in [6.07, 6.45) is 3.35. The number of halogens is 3. The van der Waals surface area contributed by atoms with Gasteiger partial charge in [0.1, 0.15) is 17.2 Å². The van der Waals surface area contributed by atoms with Gasteiger partial charge in [0.05, 0.1) is 38.2 Å². The molecule has 1 aliphatic rings. The van der Waals surface area contributed by atoms with Crippen molar-refractivity contribution in [3.63, 3.8) is 0 Å². The Kier molecular flexibility index (Phi) is 12.4. The lowest BCUT2D eigenvalue weighted by molar-refractivity contribution is -0.137. The van der Waals surface area contributed by atoms with E-state index in [4.69, 9.17) is 32.7 Å². The van der Waals surface area contributed by atoms with Crippen LogP contribution in [0, 0.1) is 5.82 Å². The van der Waals surface area contributed by atoms with Crippen molar-refractivity contribution in [2.24, 2.45) is 4.99 Å². The van der Waals surface area contributed by atoms with Gasteiger partial charge in [-0.15, -0.1) is 11.8 Å². The number of benzene rings is 1. The summed E-state index contributed by atoms with van der Waals surface area (Å²) in [5.41, 5.74) is 0.392. The van der Waals surface area contributed by atoms with E-state index in [2.05, 4.69) is 30.0 Å². The zero-order valence-corrected chi connectivity index (χ0v) is 31.3. The topological polar surface area (TPSA) is 202 Å². The van der Waals surface area contributed by atoms with Gasteiger partial charge in [0.25, 0.3) is 10.0 Å². The number of amides is 2. The first-order chi connectivity index (χ1) is 24.8. The third-order valence-corrected chi connectivity index (χ3v) is 11.0. The van der Waals surface area contributed by atoms with Gasteiger partial charge in [-0.05, 0) is 48.4 Å². The van der Waals surface area contributed by atoms with Crippen LogP contribution >= 0.6 is 46.3 Å². The lowest BCUT2D eigenvalue weighted by Crippen LogP contribution is -2.35. The molecule has 0 atom stereocenters. The van der Waals surface area contributed by atoms with Crippen LogP contribution in [0.1, 0.15) is 12.8 Å². The highest BCUT2D eigenvalue weighted by Crippen LogP contribution is 2.33. The molecule has 0 unspecified atom stereocenters. The summed E-state index contributed by atoms with van der Waals surface area (Å²) in [5, 5.41) is 1.74. The van der Waals surface area contributed by atoms with Gasteiger partial charge >= 0.3 is 16.9 Å². The number of ether oxygens (including phenoxy) is 3. The Labute approximate surface area is 312 Å². The van der Waals surface area contributed by atoms with Crippen molar-refractivity contribution in [1.82, 2.24) is 33.4 Å². The fourth-order valence-corrected chi connectivity index (χ4v) is 8.12. The Balaban J connectivity index is 0.000000202. The van der Waals surface area contributed by atoms with Crippen LogP contribution in [0.3, 0.4) is 0 Å². The number of esters is 1. The molecule has 17 nitrogen and oxygen atoms in total. The molecule has 0 aliphatic carbocycles. The highest BCUT2D eigenvalue weighted by Gasteiger charge is 2.27. The van der Waals surface area contributed by atoms with E-state index in [1.54, 1.807) is 27.6 Å². The predicted octanol–water partition coefficient (Wildman–Crippen LogP) is 4.10. The van der Waals surface area contributed by atoms with E-state index in [1.165, 1.54) is 44.1 Å². The number of fused-ring (bicyclic) bond motifs is 2. The fourth-order valence-electron chi connectivity index (χ4n) is 4.58. The van der Waals surface area contributed by atoms with Crippen molar-refractivity contribution >= 4 is 85.6 Å². The standard InChI is InChI=1S/C15H15ClFN3O3S2.C14H13ClN6O5S/c1-23-13(21)8-24-12-7-11(10(17)6-9(12)16)18-14-19-4-2-3-5-20(19)15(22)25-14;1-25-9-7-10(26-2)18-13(17-9)19-14(22)20-27(23,24)12-11(15)16-8-5-3-4-6-21(8)12/h6-7H,2-5,8H2,1H3;3-7H,1-2H3,(H2,17,18,19,20,22). The number of sulfonamides is 1. The molecule has 4 aromatic heterocycles.